The van der Waals surface area contributed by atoms with Crippen molar-refractivity contribution in [2.24, 2.45) is 11.1 Å². The molecular weight excluding hydrogens is 292 g/mol. The zero-order valence-electron chi connectivity index (χ0n) is 13.5. The van der Waals surface area contributed by atoms with E-state index in [9.17, 15) is 9.59 Å². The van der Waals surface area contributed by atoms with Gasteiger partial charge in [0.1, 0.15) is 5.69 Å². The molecule has 6 nitrogen and oxygen atoms in total. The molecule has 2 heterocycles. The maximum absolute atomic E-state index is 12.6. The Bertz CT molecular complexity index is 775. The molecule has 1 aromatic carbocycles. The molecule has 0 bridgehead atoms. The van der Waals surface area contributed by atoms with Crippen LogP contribution in [0.4, 0.5) is 0 Å². The van der Waals surface area contributed by atoms with E-state index in [4.69, 9.17) is 5.73 Å². The van der Waals surface area contributed by atoms with Crippen LogP contribution in [0.15, 0.2) is 35.1 Å². The van der Waals surface area contributed by atoms with Crippen molar-refractivity contribution in [3.05, 3.63) is 51.9 Å². The fraction of sp³-hybridized carbons (Fsp3) is 0.412. The van der Waals surface area contributed by atoms with Crippen LogP contribution in [0.2, 0.25) is 0 Å². The fourth-order valence-electron chi connectivity index (χ4n) is 2.93. The summed E-state index contributed by atoms with van der Waals surface area (Å²) in [5, 5.41) is 2.92. The Labute approximate surface area is 134 Å². The van der Waals surface area contributed by atoms with Crippen molar-refractivity contribution in [3.63, 3.8) is 0 Å². The summed E-state index contributed by atoms with van der Waals surface area (Å²) >= 11 is 0. The molecular formula is C17H22N4O2. The van der Waals surface area contributed by atoms with Gasteiger partial charge in [0.05, 0.1) is 5.69 Å². The molecule has 1 aliphatic heterocycles. The van der Waals surface area contributed by atoms with Crippen LogP contribution in [0.25, 0.3) is 5.69 Å². The Hall–Kier alpha value is -2.34. The number of nitrogens with one attached hydrogen (secondary N) is 1. The van der Waals surface area contributed by atoms with E-state index in [0.29, 0.717) is 31.0 Å². The van der Waals surface area contributed by atoms with Crippen LogP contribution in [-0.4, -0.2) is 40.2 Å². The van der Waals surface area contributed by atoms with Gasteiger partial charge in [0.15, 0.2) is 0 Å². The van der Waals surface area contributed by atoms with Gasteiger partial charge in [-0.15, -0.1) is 0 Å². The van der Waals surface area contributed by atoms with Gasteiger partial charge in [0.2, 0.25) is 0 Å². The van der Waals surface area contributed by atoms with Crippen LogP contribution in [0.5, 0.6) is 0 Å². The minimum absolute atomic E-state index is 0.0323. The van der Waals surface area contributed by atoms with Gasteiger partial charge in [-0.3, -0.25) is 14.7 Å². The Morgan fingerprint density at radius 3 is 2.65 bits per heavy atom. The first-order valence-electron chi connectivity index (χ1n) is 7.80. The van der Waals surface area contributed by atoms with Crippen molar-refractivity contribution in [1.29, 1.82) is 0 Å². The molecule has 1 unspecified atom stereocenters. The Balaban J connectivity index is 1.85. The normalized spacial score (nSPS) is 20.9. The van der Waals surface area contributed by atoms with Gasteiger partial charge in [0.25, 0.3) is 11.5 Å². The highest BCUT2D eigenvalue weighted by Gasteiger charge is 2.35. The second-order valence-corrected chi connectivity index (χ2v) is 6.67. The number of carbonyl (C=O) groups excluding carboxylic acids is 1. The number of carbonyl (C=O) groups is 1. The molecule has 0 radical (unpaired) electrons. The predicted octanol–water partition coefficient (Wildman–Crippen LogP) is 1.28. The first-order chi connectivity index (χ1) is 10.9. The van der Waals surface area contributed by atoms with E-state index in [2.05, 4.69) is 12.0 Å². The molecule has 2 aromatic rings. The maximum atomic E-state index is 12.6. The molecule has 6 heteroatoms. The monoisotopic (exact) mass is 314 g/mol. The zero-order chi connectivity index (χ0) is 16.6. The van der Waals surface area contributed by atoms with E-state index < -0.39 is 0 Å². The number of rotatable bonds is 3. The van der Waals surface area contributed by atoms with E-state index >= 15 is 0 Å². The number of likely N-dealkylation sites (tertiary alicyclic amines) is 1. The predicted molar refractivity (Wildman–Crippen MR) is 88.8 cm³/mol. The van der Waals surface area contributed by atoms with Gasteiger partial charge in [-0.25, -0.2) is 4.68 Å². The SMILES string of the molecule is Cc1ccc(-n2[nH]c(C(=O)N3CCC(C)(CN)C3)cc2=O)cc1. The zero-order valence-corrected chi connectivity index (χ0v) is 13.5. The summed E-state index contributed by atoms with van der Waals surface area (Å²) in [5.74, 6) is -0.148. The summed E-state index contributed by atoms with van der Waals surface area (Å²) in [4.78, 5) is 26.5. The van der Waals surface area contributed by atoms with Gasteiger partial charge in [-0.1, -0.05) is 24.6 Å². The van der Waals surface area contributed by atoms with Crippen LogP contribution in [0.3, 0.4) is 0 Å². The number of aryl methyl sites for hydroxylation is 1. The molecule has 122 valence electrons. The van der Waals surface area contributed by atoms with Crippen LogP contribution in [0, 0.1) is 12.3 Å². The van der Waals surface area contributed by atoms with E-state index in [1.165, 1.54) is 10.7 Å². The standard InChI is InChI=1S/C17H22N4O2/c1-12-3-5-13(6-4-12)21-15(22)9-14(19-21)16(23)20-8-7-17(2,10-18)11-20/h3-6,9,19H,7-8,10-11,18H2,1-2H3. The molecule has 0 spiro atoms. The maximum Gasteiger partial charge on any atom is 0.271 e. The molecule has 1 fully saturated rings. The van der Waals surface area contributed by atoms with Crippen molar-refractivity contribution in [2.75, 3.05) is 19.6 Å². The van der Waals surface area contributed by atoms with Crippen LogP contribution < -0.4 is 11.3 Å². The Kier molecular flexibility index (Phi) is 3.85. The molecule has 3 N–H and O–H groups in total. The average molecular weight is 314 g/mol. The fourth-order valence-corrected chi connectivity index (χ4v) is 2.93. The number of nitrogens with zero attached hydrogens (tertiary/aromatic N) is 2. The van der Waals surface area contributed by atoms with Gasteiger partial charge in [-0.2, -0.15) is 0 Å². The molecule has 1 amide bonds. The average Bonchev–Trinajstić information content (AvgIpc) is 3.12. The summed E-state index contributed by atoms with van der Waals surface area (Å²) < 4.78 is 1.39. The number of H-pyrrole nitrogens is 1. The summed E-state index contributed by atoms with van der Waals surface area (Å²) in [5.41, 5.74) is 7.66. The minimum atomic E-state index is -0.238. The van der Waals surface area contributed by atoms with E-state index in [0.717, 1.165) is 12.0 Å². The summed E-state index contributed by atoms with van der Waals surface area (Å²) in [6, 6.07) is 8.92. The third-order valence-corrected chi connectivity index (χ3v) is 4.58. The molecule has 0 saturated carbocycles. The van der Waals surface area contributed by atoms with E-state index in [1.807, 2.05) is 31.2 Å². The highest BCUT2D eigenvalue weighted by atomic mass is 16.2. The van der Waals surface area contributed by atoms with E-state index in [1.54, 1.807) is 4.90 Å². The van der Waals surface area contributed by atoms with Gasteiger partial charge < -0.3 is 10.6 Å². The lowest BCUT2D eigenvalue weighted by molar-refractivity contribution is 0.0770. The van der Waals surface area contributed by atoms with Crippen molar-refractivity contribution >= 4 is 5.91 Å². The summed E-state index contributed by atoms with van der Waals surface area (Å²) in [6.45, 7) is 5.92. The van der Waals surface area contributed by atoms with Gasteiger partial charge in [0, 0.05) is 19.2 Å². The third-order valence-electron chi connectivity index (χ3n) is 4.58. The molecule has 23 heavy (non-hydrogen) atoms. The third kappa shape index (κ3) is 2.94. The van der Waals surface area contributed by atoms with E-state index in [-0.39, 0.29) is 16.9 Å². The molecule has 1 aliphatic rings. The lowest BCUT2D eigenvalue weighted by Crippen LogP contribution is -2.34. The number of nitrogens with two attached hydrogens (primary N) is 1. The first kappa shape index (κ1) is 15.6. The summed E-state index contributed by atoms with van der Waals surface area (Å²) in [7, 11) is 0. The Morgan fingerprint density at radius 1 is 1.35 bits per heavy atom. The van der Waals surface area contributed by atoms with Gasteiger partial charge >= 0.3 is 0 Å². The molecule has 3 rings (SSSR count). The molecule has 1 aromatic heterocycles. The first-order valence-corrected chi connectivity index (χ1v) is 7.80. The largest absolute Gasteiger partial charge is 0.337 e. The number of hydrogen-bond acceptors (Lipinski definition) is 3. The van der Waals surface area contributed by atoms with Crippen LogP contribution in [-0.2, 0) is 0 Å². The highest BCUT2D eigenvalue weighted by Crippen LogP contribution is 2.29. The van der Waals surface area contributed by atoms with Crippen molar-refractivity contribution in [1.82, 2.24) is 14.7 Å². The van der Waals surface area contributed by atoms with Crippen LogP contribution >= 0.6 is 0 Å². The topological polar surface area (TPSA) is 84.1 Å². The second kappa shape index (κ2) is 5.70. The lowest BCUT2D eigenvalue weighted by atomic mass is 9.90. The van der Waals surface area contributed by atoms with Crippen molar-refractivity contribution in [2.45, 2.75) is 20.3 Å². The molecule has 0 aliphatic carbocycles. The molecule has 1 saturated heterocycles. The minimum Gasteiger partial charge on any atom is -0.337 e. The number of aromatic amines is 1. The smallest absolute Gasteiger partial charge is 0.271 e. The highest BCUT2D eigenvalue weighted by molar-refractivity contribution is 5.92. The van der Waals surface area contributed by atoms with Crippen LogP contribution in [0.1, 0.15) is 29.4 Å². The Morgan fingerprint density at radius 2 is 2.04 bits per heavy atom. The lowest BCUT2D eigenvalue weighted by Gasteiger charge is -2.22. The second-order valence-electron chi connectivity index (χ2n) is 6.67. The van der Waals surface area contributed by atoms with Crippen molar-refractivity contribution < 1.29 is 4.79 Å². The molecule has 1 atom stereocenters. The number of hydrogen-bond donors (Lipinski definition) is 2. The summed E-state index contributed by atoms with van der Waals surface area (Å²) in [6.07, 6.45) is 0.887. The number of amides is 1. The van der Waals surface area contributed by atoms with Gasteiger partial charge in [-0.05, 0) is 37.4 Å². The quantitative estimate of drug-likeness (QED) is 0.895. The number of aromatic nitrogens is 2. The van der Waals surface area contributed by atoms with Crippen molar-refractivity contribution in [3.8, 4) is 5.69 Å². The number of benzene rings is 1.